The molecule has 3 N–H and O–H groups in total. The molecule has 0 spiro atoms. The van der Waals surface area contributed by atoms with Gasteiger partial charge in [0.1, 0.15) is 11.6 Å². The number of halogens is 2. The van der Waals surface area contributed by atoms with Gasteiger partial charge in [-0.3, -0.25) is 10.4 Å². The van der Waals surface area contributed by atoms with Crippen LogP contribution < -0.4 is 10.6 Å². The number of carbonyl (C=O) groups excluding carboxylic acids is 1. The van der Waals surface area contributed by atoms with Gasteiger partial charge in [0.05, 0.1) is 5.69 Å². The number of carbonyl (C=O) groups is 1. The van der Waals surface area contributed by atoms with E-state index in [1.54, 1.807) is 13.0 Å². The molecule has 7 heteroatoms. The van der Waals surface area contributed by atoms with Crippen LogP contribution >= 0.6 is 0 Å². The molecular weight excluding hydrogens is 242 g/mol. The average molecular weight is 252 g/mol. The van der Waals surface area contributed by atoms with Gasteiger partial charge in [0, 0.05) is 17.8 Å². The largest absolute Gasteiger partial charge is 0.324 e. The topological polar surface area (TPSA) is 69.8 Å². The normalized spacial score (nSPS) is 10.2. The maximum atomic E-state index is 13.2. The summed E-state index contributed by atoms with van der Waals surface area (Å²) in [6.45, 7) is 1.77. The summed E-state index contributed by atoms with van der Waals surface area (Å²) in [5.74, 6) is -1.24. The Kier molecular flexibility index (Phi) is 3.22. The van der Waals surface area contributed by atoms with E-state index in [2.05, 4.69) is 20.8 Å². The quantitative estimate of drug-likeness (QED) is 0.769. The van der Waals surface area contributed by atoms with Crippen LogP contribution in [0.2, 0.25) is 0 Å². The van der Waals surface area contributed by atoms with Gasteiger partial charge in [-0.15, -0.1) is 0 Å². The molecule has 0 atom stereocenters. The van der Waals surface area contributed by atoms with Gasteiger partial charge >= 0.3 is 6.03 Å². The summed E-state index contributed by atoms with van der Waals surface area (Å²) in [5, 5.41) is 11.1. The Labute approximate surface area is 101 Å². The van der Waals surface area contributed by atoms with Crippen molar-refractivity contribution in [2.75, 3.05) is 10.6 Å². The van der Waals surface area contributed by atoms with Crippen LogP contribution in [-0.2, 0) is 0 Å². The van der Waals surface area contributed by atoms with Crippen LogP contribution in [0, 0.1) is 18.6 Å². The van der Waals surface area contributed by atoms with Crippen molar-refractivity contribution in [2.24, 2.45) is 0 Å². The van der Waals surface area contributed by atoms with E-state index in [-0.39, 0.29) is 5.69 Å². The second-order valence-corrected chi connectivity index (χ2v) is 3.64. The predicted octanol–water partition coefficient (Wildman–Crippen LogP) is 2.64. The van der Waals surface area contributed by atoms with Crippen LogP contribution in [0.4, 0.5) is 25.1 Å². The van der Waals surface area contributed by atoms with Gasteiger partial charge in [0.2, 0.25) is 0 Å². The number of aromatic nitrogens is 2. The Balaban J connectivity index is 2.03. The molecule has 18 heavy (non-hydrogen) atoms. The molecule has 1 aromatic heterocycles. The minimum absolute atomic E-state index is 0.110. The van der Waals surface area contributed by atoms with E-state index in [9.17, 15) is 13.6 Å². The first-order valence-corrected chi connectivity index (χ1v) is 5.09. The summed E-state index contributed by atoms with van der Waals surface area (Å²) in [6, 6.07) is 3.83. The summed E-state index contributed by atoms with van der Waals surface area (Å²) < 4.78 is 25.9. The van der Waals surface area contributed by atoms with Gasteiger partial charge in [0.15, 0.2) is 5.82 Å². The number of anilines is 2. The lowest BCUT2D eigenvalue weighted by Crippen LogP contribution is -2.20. The number of benzene rings is 1. The molecule has 0 radical (unpaired) electrons. The van der Waals surface area contributed by atoms with Crippen molar-refractivity contribution in [1.82, 2.24) is 10.2 Å². The van der Waals surface area contributed by atoms with Gasteiger partial charge < -0.3 is 5.32 Å². The zero-order valence-electron chi connectivity index (χ0n) is 9.42. The number of hydrogen-bond donors (Lipinski definition) is 3. The van der Waals surface area contributed by atoms with Gasteiger partial charge in [-0.2, -0.15) is 5.10 Å². The van der Waals surface area contributed by atoms with Gasteiger partial charge in [0.25, 0.3) is 0 Å². The molecule has 0 saturated carbocycles. The van der Waals surface area contributed by atoms with Gasteiger partial charge in [-0.05, 0) is 19.1 Å². The van der Waals surface area contributed by atoms with E-state index < -0.39 is 17.7 Å². The highest BCUT2D eigenvalue weighted by Crippen LogP contribution is 2.15. The highest BCUT2D eigenvalue weighted by atomic mass is 19.1. The molecular formula is C11H10F2N4O. The Morgan fingerprint density at radius 1 is 1.28 bits per heavy atom. The zero-order chi connectivity index (χ0) is 13.1. The maximum absolute atomic E-state index is 13.2. The average Bonchev–Trinajstić information content (AvgIpc) is 2.68. The fourth-order valence-corrected chi connectivity index (χ4v) is 1.34. The summed E-state index contributed by atoms with van der Waals surface area (Å²) in [6.07, 6.45) is 0. The fraction of sp³-hybridized carbons (Fsp3) is 0.0909. The SMILES string of the molecule is Cc1cc(NC(=O)Nc2ccc(F)cc2F)n[nH]1. The smallest absolute Gasteiger partial charge is 0.305 e. The molecule has 0 aliphatic heterocycles. The molecule has 2 amide bonds. The number of H-pyrrole nitrogens is 1. The Hall–Kier alpha value is -2.44. The molecule has 1 aromatic carbocycles. The summed E-state index contributed by atoms with van der Waals surface area (Å²) in [4.78, 5) is 11.5. The predicted molar refractivity (Wildman–Crippen MR) is 62.3 cm³/mol. The van der Waals surface area contributed by atoms with E-state index in [1.807, 2.05) is 0 Å². The molecule has 0 aliphatic carbocycles. The highest BCUT2D eigenvalue weighted by molar-refractivity contribution is 5.99. The molecule has 2 aromatic rings. The van der Waals surface area contributed by atoms with E-state index in [4.69, 9.17) is 0 Å². The van der Waals surface area contributed by atoms with Crippen LogP contribution in [0.5, 0.6) is 0 Å². The molecule has 0 fully saturated rings. The Bertz CT molecular complexity index is 582. The summed E-state index contributed by atoms with van der Waals surface area (Å²) in [7, 11) is 0. The molecule has 1 heterocycles. The van der Waals surface area contributed by atoms with Crippen LogP contribution in [-0.4, -0.2) is 16.2 Å². The first kappa shape index (κ1) is 12.0. The van der Waals surface area contributed by atoms with Crippen molar-refractivity contribution < 1.29 is 13.6 Å². The molecule has 0 bridgehead atoms. The minimum Gasteiger partial charge on any atom is -0.305 e. The van der Waals surface area contributed by atoms with Crippen molar-refractivity contribution in [3.8, 4) is 0 Å². The van der Waals surface area contributed by atoms with Crippen molar-refractivity contribution >= 4 is 17.5 Å². The van der Waals surface area contributed by atoms with Crippen LogP contribution in [0.3, 0.4) is 0 Å². The number of nitrogens with one attached hydrogen (secondary N) is 3. The van der Waals surface area contributed by atoms with E-state index in [0.717, 1.165) is 17.8 Å². The van der Waals surface area contributed by atoms with Gasteiger partial charge in [-0.1, -0.05) is 0 Å². The number of urea groups is 1. The number of nitrogens with zero attached hydrogens (tertiary/aromatic N) is 1. The second-order valence-electron chi connectivity index (χ2n) is 3.64. The van der Waals surface area contributed by atoms with E-state index in [1.165, 1.54) is 0 Å². The monoisotopic (exact) mass is 252 g/mol. The number of amides is 2. The molecule has 0 aliphatic rings. The minimum atomic E-state index is -0.844. The third-order valence-corrected chi connectivity index (χ3v) is 2.13. The molecule has 2 rings (SSSR count). The first-order chi connectivity index (χ1) is 8.54. The summed E-state index contributed by atoms with van der Waals surface area (Å²) >= 11 is 0. The molecule has 0 saturated heterocycles. The summed E-state index contributed by atoms with van der Waals surface area (Å²) in [5.41, 5.74) is 0.666. The third kappa shape index (κ3) is 2.82. The Morgan fingerprint density at radius 3 is 2.67 bits per heavy atom. The van der Waals surface area contributed by atoms with Crippen molar-refractivity contribution in [3.63, 3.8) is 0 Å². The van der Waals surface area contributed by atoms with Crippen molar-refractivity contribution in [3.05, 3.63) is 41.6 Å². The van der Waals surface area contributed by atoms with Crippen LogP contribution in [0.15, 0.2) is 24.3 Å². The van der Waals surface area contributed by atoms with Crippen molar-refractivity contribution in [2.45, 2.75) is 6.92 Å². The third-order valence-electron chi connectivity index (χ3n) is 2.13. The molecule has 94 valence electrons. The van der Waals surface area contributed by atoms with E-state index >= 15 is 0 Å². The standard InChI is InChI=1S/C11H10F2N4O/c1-6-4-10(17-16-6)15-11(18)14-9-3-2-7(12)5-8(9)13/h2-5H,1H3,(H3,14,15,16,17,18). The highest BCUT2D eigenvalue weighted by Gasteiger charge is 2.09. The molecule has 0 unspecified atom stereocenters. The lowest BCUT2D eigenvalue weighted by molar-refractivity contribution is 0.262. The molecule has 5 nitrogen and oxygen atoms in total. The number of aryl methyl sites for hydroxylation is 1. The fourth-order valence-electron chi connectivity index (χ4n) is 1.34. The van der Waals surface area contributed by atoms with Crippen LogP contribution in [0.25, 0.3) is 0 Å². The zero-order valence-corrected chi connectivity index (χ0v) is 9.42. The van der Waals surface area contributed by atoms with E-state index in [0.29, 0.717) is 11.9 Å². The number of hydrogen-bond acceptors (Lipinski definition) is 2. The van der Waals surface area contributed by atoms with Crippen molar-refractivity contribution in [1.29, 1.82) is 0 Å². The number of aromatic amines is 1. The first-order valence-electron chi connectivity index (χ1n) is 5.09. The maximum Gasteiger partial charge on any atom is 0.324 e. The lowest BCUT2D eigenvalue weighted by Gasteiger charge is -2.06. The Morgan fingerprint density at radius 2 is 2.06 bits per heavy atom. The lowest BCUT2D eigenvalue weighted by atomic mass is 10.3. The number of rotatable bonds is 2. The van der Waals surface area contributed by atoms with Gasteiger partial charge in [-0.25, -0.2) is 13.6 Å². The second kappa shape index (κ2) is 4.82. The van der Waals surface area contributed by atoms with Crippen LogP contribution in [0.1, 0.15) is 5.69 Å².